The number of hydrogen-bond acceptors (Lipinski definition) is 3. The minimum atomic E-state index is -0.172. The van der Waals surface area contributed by atoms with Crippen molar-refractivity contribution < 1.29 is 14.3 Å². The van der Waals surface area contributed by atoms with Crippen LogP contribution in [0.2, 0.25) is 0 Å². The fourth-order valence-corrected chi connectivity index (χ4v) is 2.61. The molecule has 0 fully saturated rings. The van der Waals surface area contributed by atoms with Gasteiger partial charge in [0.1, 0.15) is 0 Å². The second-order valence-corrected chi connectivity index (χ2v) is 6.09. The Hall–Kier alpha value is -1.88. The lowest BCUT2D eigenvalue weighted by atomic mass is 9.98. The predicted molar refractivity (Wildman–Crippen MR) is 102 cm³/mol. The van der Waals surface area contributed by atoms with Crippen molar-refractivity contribution >= 4 is 17.5 Å². The number of benzene rings is 1. The monoisotopic (exact) mass is 348 g/mol. The van der Waals surface area contributed by atoms with E-state index in [-0.39, 0.29) is 17.7 Å². The number of nitrogens with one attached hydrogen (secondary N) is 2. The van der Waals surface area contributed by atoms with Gasteiger partial charge in [-0.1, -0.05) is 38.8 Å². The zero-order chi connectivity index (χ0) is 18.5. The fourth-order valence-electron chi connectivity index (χ4n) is 2.61. The highest BCUT2D eigenvalue weighted by Gasteiger charge is 2.18. The molecule has 0 saturated heterocycles. The van der Waals surface area contributed by atoms with Crippen LogP contribution in [0.5, 0.6) is 0 Å². The third-order valence-corrected chi connectivity index (χ3v) is 4.15. The minimum absolute atomic E-state index is 0.00690. The van der Waals surface area contributed by atoms with Gasteiger partial charge in [-0.15, -0.1) is 0 Å². The van der Waals surface area contributed by atoms with Crippen LogP contribution in [0.4, 0.5) is 5.69 Å². The van der Waals surface area contributed by atoms with Gasteiger partial charge in [0.05, 0.1) is 11.3 Å². The molecule has 140 valence electrons. The number of ether oxygens (including phenoxy) is 1. The maximum Gasteiger partial charge on any atom is 0.253 e. The Labute approximate surface area is 151 Å². The first-order chi connectivity index (χ1) is 12.1. The summed E-state index contributed by atoms with van der Waals surface area (Å²) in [6.45, 7) is 7.95. The zero-order valence-corrected chi connectivity index (χ0v) is 15.8. The Morgan fingerprint density at radius 3 is 2.56 bits per heavy atom. The smallest absolute Gasteiger partial charge is 0.253 e. The van der Waals surface area contributed by atoms with Gasteiger partial charge in [-0.25, -0.2) is 0 Å². The standard InChI is InChI=1S/C20H32N2O3/c1-4-7-11-16(5-2)19(23)22-18-13-9-8-12-17(18)20(24)21-14-10-15-25-6-3/h8-9,12-13,16H,4-7,10-11,14-15H2,1-3H3,(H,21,24)(H,22,23). The van der Waals surface area contributed by atoms with E-state index in [4.69, 9.17) is 4.74 Å². The average molecular weight is 348 g/mol. The topological polar surface area (TPSA) is 67.4 Å². The molecule has 2 N–H and O–H groups in total. The highest BCUT2D eigenvalue weighted by atomic mass is 16.5. The molecule has 0 radical (unpaired) electrons. The number of para-hydroxylation sites is 1. The Morgan fingerprint density at radius 1 is 1.12 bits per heavy atom. The van der Waals surface area contributed by atoms with Crippen molar-refractivity contribution in [2.45, 2.75) is 52.9 Å². The van der Waals surface area contributed by atoms with E-state index in [2.05, 4.69) is 17.6 Å². The van der Waals surface area contributed by atoms with Crippen molar-refractivity contribution in [3.8, 4) is 0 Å². The summed E-state index contributed by atoms with van der Waals surface area (Å²) in [5.74, 6) is -0.191. The molecule has 1 atom stereocenters. The first-order valence-electron chi connectivity index (χ1n) is 9.39. The molecule has 0 spiro atoms. The highest BCUT2D eigenvalue weighted by molar-refractivity contribution is 6.04. The summed E-state index contributed by atoms with van der Waals surface area (Å²) in [7, 11) is 0. The summed E-state index contributed by atoms with van der Waals surface area (Å²) in [5, 5.41) is 5.82. The number of amides is 2. The lowest BCUT2D eigenvalue weighted by Crippen LogP contribution is -2.28. The maximum absolute atomic E-state index is 12.5. The molecule has 0 saturated carbocycles. The predicted octanol–water partition coefficient (Wildman–Crippen LogP) is 4.00. The number of hydrogen-bond donors (Lipinski definition) is 2. The SMILES string of the molecule is CCCCC(CC)C(=O)Nc1ccccc1C(=O)NCCCOCC. The van der Waals surface area contributed by atoms with Crippen LogP contribution < -0.4 is 10.6 Å². The van der Waals surface area contributed by atoms with Gasteiger partial charge in [-0.05, 0) is 38.3 Å². The first kappa shape index (κ1) is 21.2. The van der Waals surface area contributed by atoms with Crippen molar-refractivity contribution in [2.24, 2.45) is 5.92 Å². The van der Waals surface area contributed by atoms with Crippen molar-refractivity contribution in [1.29, 1.82) is 0 Å². The Bertz CT molecular complexity index is 531. The largest absolute Gasteiger partial charge is 0.382 e. The lowest BCUT2D eigenvalue weighted by Gasteiger charge is -2.16. The summed E-state index contributed by atoms with van der Waals surface area (Å²) in [6.07, 6.45) is 4.56. The average Bonchev–Trinajstić information content (AvgIpc) is 2.62. The molecule has 5 heteroatoms. The molecule has 0 aliphatic heterocycles. The molecule has 2 amide bonds. The second-order valence-electron chi connectivity index (χ2n) is 6.09. The van der Waals surface area contributed by atoms with Crippen LogP contribution in [0, 0.1) is 5.92 Å². The van der Waals surface area contributed by atoms with Gasteiger partial charge < -0.3 is 15.4 Å². The van der Waals surface area contributed by atoms with Crippen LogP contribution in [-0.2, 0) is 9.53 Å². The summed E-state index contributed by atoms with van der Waals surface area (Å²) in [5.41, 5.74) is 1.07. The lowest BCUT2D eigenvalue weighted by molar-refractivity contribution is -0.120. The number of carbonyl (C=O) groups excluding carboxylic acids is 2. The maximum atomic E-state index is 12.5. The van der Waals surface area contributed by atoms with E-state index < -0.39 is 0 Å². The summed E-state index contributed by atoms with van der Waals surface area (Å²) in [6, 6.07) is 7.15. The Morgan fingerprint density at radius 2 is 1.88 bits per heavy atom. The molecule has 1 unspecified atom stereocenters. The highest BCUT2D eigenvalue weighted by Crippen LogP contribution is 2.19. The van der Waals surface area contributed by atoms with Gasteiger partial charge in [0.15, 0.2) is 0 Å². The number of carbonyl (C=O) groups is 2. The molecule has 0 aromatic heterocycles. The molecule has 25 heavy (non-hydrogen) atoms. The van der Waals surface area contributed by atoms with Crippen LogP contribution in [0.15, 0.2) is 24.3 Å². The first-order valence-corrected chi connectivity index (χ1v) is 9.39. The van der Waals surface area contributed by atoms with Crippen LogP contribution in [0.25, 0.3) is 0 Å². The molecule has 0 aliphatic rings. The minimum Gasteiger partial charge on any atom is -0.382 e. The van der Waals surface area contributed by atoms with Crippen molar-refractivity contribution in [2.75, 3.05) is 25.1 Å². The molecule has 5 nitrogen and oxygen atoms in total. The van der Waals surface area contributed by atoms with E-state index in [0.717, 1.165) is 32.1 Å². The number of rotatable bonds is 12. The van der Waals surface area contributed by atoms with E-state index in [0.29, 0.717) is 31.0 Å². The van der Waals surface area contributed by atoms with Crippen molar-refractivity contribution in [1.82, 2.24) is 5.32 Å². The van der Waals surface area contributed by atoms with E-state index >= 15 is 0 Å². The molecule has 1 aromatic rings. The van der Waals surface area contributed by atoms with Gasteiger partial charge in [0, 0.05) is 25.7 Å². The summed E-state index contributed by atoms with van der Waals surface area (Å²) in [4.78, 5) is 24.9. The second kappa shape index (κ2) is 12.5. The van der Waals surface area contributed by atoms with E-state index in [1.54, 1.807) is 18.2 Å². The van der Waals surface area contributed by atoms with E-state index in [1.165, 1.54) is 0 Å². The van der Waals surface area contributed by atoms with Gasteiger partial charge in [-0.3, -0.25) is 9.59 Å². The van der Waals surface area contributed by atoms with Gasteiger partial charge in [0.25, 0.3) is 5.91 Å². The third kappa shape index (κ3) is 7.69. The number of unbranched alkanes of at least 4 members (excludes halogenated alkanes) is 1. The van der Waals surface area contributed by atoms with E-state index in [9.17, 15) is 9.59 Å². The van der Waals surface area contributed by atoms with Gasteiger partial charge in [0.2, 0.25) is 5.91 Å². The quantitative estimate of drug-likeness (QED) is 0.561. The molecular formula is C20H32N2O3. The summed E-state index contributed by atoms with van der Waals surface area (Å²) < 4.78 is 5.26. The van der Waals surface area contributed by atoms with E-state index in [1.807, 2.05) is 19.9 Å². The van der Waals surface area contributed by atoms with Crippen LogP contribution in [0.3, 0.4) is 0 Å². The Balaban J connectivity index is 2.65. The van der Waals surface area contributed by atoms with Gasteiger partial charge in [-0.2, -0.15) is 0 Å². The Kier molecular flexibility index (Phi) is 10.6. The third-order valence-electron chi connectivity index (χ3n) is 4.15. The molecule has 0 bridgehead atoms. The normalized spacial score (nSPS) is 11.8. The molecular weight excluding hydrogens is 316 g/mol. The fraction of sp³-hybridized carbons (Fsp3) is 0.600. The zero-order valence-electron chi connectivity index (χ0n) is 15.8. The van der Waals surface area contributed by atoms with Crippen LogP contribution >= 0.6 is 0 Å². The van der Waals surface area contributed by atoms with Gasteiger partial charge >= 0.3 is 0 Å². The molecule has 0 heterocycles. The number of anilines is 1. The van der Waals surface area contributed by atoms with Crippen molar-refractivity contribution in [3.63, 3.8) is 0 Å². The molecule has 1 aromatic carbocycles. The van der Waals surface area contributed by atoms with Crippen molar-refractivity contribution in [3.05, 3.63) is 29.8 Å². The molecule has 1 rings (SSSR count). The van der Waals surface area contributed by atoms with Crippen LogP contribution in [0.1, 0.15) is 63.2 Å². The molecule has 0 aliphatic carbocycles. The van der Waals surface area contributed by atoms with Crippen LogP contribution in [-0.4, -0.2) is 31.6 Å². The summed E-state index contributed by atoms with van der Waals surface area (Å²) >= 11 is 0.